The third-order valence-corrected chi connectivity index (χ3v) is 3.73. The third kappa shape index (κ3) is 2.37. The highest BCUT2D eigenvalue weighted by atomic mass is 16.3. The number of hydrogen-bond acceptors (Lipinski definition) is 2. The Labute approximate surface area is 113 Å². The van der Waals surface area contributed by atoms with E-state index in [0.29, 0.717) is 5.92 Å². The molecule has 19 heavy (non-hydrogen) atoms. The largest absolute Gasteiger partial charge is 0.461 e. The van der Waals surface area contributed by atoms with Crippen molar-refractivity contribution in [1.82, 2.24) is 4.90 Å². The van der Waals surface area contributed by atoms with Crippen molar-refractivity contribution in [2.24, 2.45) is 4.99 Å². The first-order valence-corrected chi connectivity index (χ1v) is 7.01. The van der Waals surface area contributed by atoms with Crippen LogP contribution in [0.15, 0.2) is 39.7 Å². The molecule has 0 saturated carbocycles. The molecule has 1 saturated heterocycles. The van der Waals surface area contributed by atoms with Crippen molar-refractivity contribution >= 4 is 16.8 Å². The summed E-state index contributed by atoms with van der Waals surface area (Å²) in [7, 11) is 2.12. The van der Waals surface area contributed by atoms with Gasteiger partial charge in [0.2, 0.25) is 0 Å². The molecule has 1 aromatic heterocycles. The predicted octanol–water partition coefficient (Wildman–Crippen LogP) is 3.66. The summed E-state index contributed by atoms with van der Waals surface area (Å²) >= 11 is 0. The number of amidine groups is 1. The van der Waals surface area contributed by atoms with E-state index in [2.05, 4.69) is 42.1 Å². The molecule has 1 aliphatic heterocycles. The third-order valence-electron chi connectivity index (χ3n) is 3.73. The Balaban J connectivity index is 1.83. The quantitative estimate of drug-likeness (QED) is 0.838. The first kappa shape index (κ1) is 12.3. The summed E-state index contributed by atoms with van der Waals surface area (Å²) in [6, 6.07) is 10.4. The standard InChI is InChI=1S/C16H20N2O/c1-3-8-17-16-10-13(11-18(16)2)15-9-12-6-4-5-7-14(12)19-15/h4-7,9,13H,3,8,10-11H2,1-2H3. The van der Waals surface area contributed by atoms with Gasteiger partial charge in [0, 0.05) is 37.9 Å². The minimum absolute atomic E-state index is 0.438. The number of likely N-dealkylation sites (N-methyl/N-ethyl adjacent to an activating group) is 1. The van der Waals surface area contributed by atoms with Gasteiger partial charge in [0.15, 0.2) is 0 Å². The van der Waals surface area contributed by atoms with E-state index in [1.165, 1.54) is 11.2 Å². The summed E-state index contributed by atoms with van der Waals surface area (Å²) in [5.74, 6) is 2.75. The molecule has 1 atom stereocenters. The average molecular weight is 256 g/mol. The minimum Gasteiger partial charge on any atom is -0.461 e. The highest BCUT2D eigenvalue weighted by molar-refractivity contribution is 5.85. The van der Waals surface area contributed by atoms with E-state index in [-0.39, 0.29) is 0 Å². The van der Waals surface area contributed by atoms with Crippen molar-refractivity contribution in [3.05, 3.63) is 36.1 Å². The van der Waals surface area contributed by atoms with Crippen molar-refractivity contribution < 1.29 is 4.42 Å². The summed E-state index contributed by atoms with van der Waals surface area (Å²) in [5.41, 5.74) is 0.985. The summed E-state index contributed by atoms with van der Waals surface area (Å²) in [4.78, 5) is 6.91. The van der Waals surface area contributed by atoms with Crippen LogP contribution in [0.2, 0.25) is 0 Å². The summed E-state index contributed by atoms with van der Waals surface area (Å²) in [6.45, 7) is 4.09. The number of benzene rings is 1. The van der Waals surface area contributed by atoms with Gasteiger partial charge < -0.3 is 9.32 Å². The van der Waals surface area contributed by atoms with Crippen LogP contribution < -0.4 is 0 Å². The van der Waals surface area contributed by atoms with Crippen LogP contribution in [0.3, 0.4) is 0 Å². The maximum Gasteiger partial charge on any atom is 0.134 e. The molecule has 0 N–H and O–H groups in total. The van der Waals surface area contributed by atoms with Crippen LogP contribution >= 0.6 is 0 Å². The number of para-hydroxylation sites is 1. The molecule has 0 bridgehead atoms. The molecule has 3 heteroatoms. The molecule has 100 valence electrons. The fraction of sp³-hybridized carbons (Fsp3) is 0.438. The Kier molecular flexibility index (Phi) is 3.28. The molecule has 0 amide bonds. The normalized spacial score (nSPS) is 21.7. The Morgan fingerprint density at radius 1 is 1.37 bits per heavy atom. The Morgan fingerprint density at radius 3 is 3.00 bits per heavy atom. The van der Waals surface area contributed by atoms with E-state index in [1.807, 2.05) is 12.1 Å². The van der Waals surface area contributed by atoms with Gasteiger partial charge >= 0.3 is 0 Å². The molecule has 0 aliphatic carbocycles. The fourth-order valence-electron chi connectivity index (χ4n) is 2.70. The molecule has 0 spiro atoms. The lowest BCUT2D eigenvalue weighted by Crippen LogP contribution is -2.19. The maximum absolute atomic E-state index is 5.97. The number of furan rings is 1. The fourth-order valence-corrected chi connectivity index (χ4v) is 2.70. The Morgan fingerprint density at radius 2 is 2.21 bits per heavy atom. The molecule has 2 aromatic rings. The second kappa shape index (κ2) is 5.08. The van der Waals surface area contributed by atoms with E-state index < -0.39 is 0 Å². The molecular weight excluding hydrogens is 236 g/mol. The van der Waals surface area contributed by atoms with Gasteiger partial charge in [-0.25, -0.2) is 0 Å². The number of rotatable bonds is 3. The summed E-state index contributed by atoms with van der Waals surface area (Å²) < 4.78 is 5.97. The van der Waals surface area contributed by atoms with Crippen molar-refractivity contribution in [3.63, 3.8) is 0 Å². The number of fused-ring (bicyclic) bond motifs is 1. The van der Waals surface area contributed by atoms with E-state index in [4.69, 9.17) is 4.42 Å². The minimum atomic E-state index is 0.438. The van der Waals surface area contributed by atoms with Gasteiger partial charge in [-0.1, -0.05) is 25.1 Å². The van der Waals surface area contributed by atoms with Gasteiger partial charge in [-0.3, -0.25) is 4.99 Å². The highest BCUT2D eigenvalue weighted by Gasteiger charge is 2.28. The summed E-state index contributed by atoms with van der Waals surface area (Å²) in [6.07, 6.45) is 2.10. The second-order valence-corrected chi connectivity index (χ2v) is 5.27. The molecule has 1 aliphatic rings. The van der Waals surface area contributed by atoms with Gasteiger partial charge in [-0.05, 0) is 18.6 Å². The zero-order valence-electron chi connectivity index (χ0n) is 11.6. The molecule has 1 fully saturated rings. The Bertz CT molecular complexity index is 567. The topological polar surface area (TPSA) is 28.7 Å². The van der Waals surface area contributed by atoms with Crippen LogP contribution in [0.25, 0.3) is 11.0 Å². The SMILES string of the molecule is CCCN=C1CC(c2cc3ccccc3o2)CN1C. The first-order valence-electron chi connectivity index (χ1n) is 7.01. The van der Waals surface area contributed by atoms with Crippen LogP contribution in [0.5, 0.6) is 0 Å². The number of nitrogens with zero attached hydrogens (tertiary/aromatic N) is 2. The van der Waals surface area contributed by atoms with Crippen LogP contribution in [0.4, 0.5) is 0 Å². The molecule has 1 aromatic carbocycles. The zero-order chi connectivity index (χ0) is 13.2. The first-order chi connectivity index (χ1) is 9.28. The number of likely N-dealkylation sites (tertiary alicyclic amines) is 1. The van der Waals surface area contributed by atoms with Crippen molar-refractivity contribution in [2.45, 2.75) is 25.7 Å². The van der Waals surface area contributed by atoms with Gasteiger partial charge in [-0.2, -0.15) is 0 Å². The van der Waals surface area contributed by atoms with Gasteiger partial charge in [0.05, 0.1) is 5.84 Å². The monoisotopic (exact) mass is 256 g/mol. The van der Waals surface area contributed by atoms with E-state index in [1.54, 1.807) is 0 Å². The van der Waals surface area contributed by atoms with Crippen LogP contribution in [-0.2, 0) is 0 Å². The molecule has 1 unspecified atom stereocenters. The lowest BCUT2D eigenvalue weighted by molar-refractivity contribution is 0.456. The lowest BCUT2D eigenvalue weighted by atomic mass is 10.1. The predicted molar refractivity (Wildman–Crippen MR) is 78.8 cm³/mol. The van der Waals surface area contributed by atoms with E-state index in [0.717, 1.165) is 37.3 Å². The van der Waals surface area contributed by atoms with Crippen molar-refractivity contribution in [3.8, 4) is 0 Å². The molecular formula is C16H20N2O. The van der Waals surface area contributed by atoms with E-state index >= 15 is 0 Å². The van der Waals surface area contributed by atoms with Gasteiger partial charge in [0.1, 0.15) is 11.3 Å². The van der Waals surface area contributed by atoms with E-state index in [9.17, 15) is 0 Å². The lowest BCUT2D eigenvalue weighted by Gasteiger charge is -2.11. The summed E-state index contributed by atoms with van der Waals surface area (Å²) in [5, 5.41) is 1.19. The zero-order valence-corrected chi connectivity index (χ0v) is 11.6. The average Bonchev–Trinajstić information content (AvgIpc) is 2.99. The Hall–Kier alpha value is -1.77. The van der Waals surface area contributed by atoms with Crippen LogP contribution in [0, 0.1) is 0 Å². The van der Waals surface area contributed by atoms with Gasteiger partial charge in [-0.15, -0.1) is 0 Å². The molecule has 3 nitrogen and oxygen atoms in total. The van der Waals surface area contributed by atoms with Crippen molar-refractivity contribution in [1.29, 1.82) is 0 Å². The molecule has 3 rings (SSSR count). The van der Waals surface area contributed by atoms with Crippen LogP contribution in [0.1, 0.15) is 31.4 Å². The highest BCUT2D eigenvalue weighted by Crippen LogP contribution is 2.32. The molecule has 2 heterocycles. The van der Waals surface area contributed by atoms with Crippen molar-refractivity contribution in [2.75, 3.05) is 20.1 Å². The number of aliphatic imine (C=N–C) groups is 1. The van der Waals surface area contributed by atoms with Crippen LogP contribution in [-0.4, -0.2) is 30.9 Å². The smallest absolute Gasteiger partial charge is 0.134 e. The molecule has 0 radical (unpaired) electrons. The van der Waals surface area contributed by atoms with Gasteiger partial charge in [0.25, 0.3) is 0 Å². The second-order valence-electron chi connectivity index (χ2n) is 5.27. The number of hydrogen-bond donors (Lipinski definition) is 0. The maximum atomic E-state index is 5.97.